The Hall–Kier alpha value is -0.940. The van der Waals surface area contributed by atoms with Crippen molar-refractivity contribution in [3.63, 3.8) is 0 Å². The van der Waals surface area contributed by atoms with Crippen LogP contribution >= 0.6 is 23.6 Å². The van der Waals surface area contributed by atoms with E-state index in [1.165, 1.54) is 4.88 Å². The van der Waals surface area contributed by atoms with E-state index in [9.17, 15) is 0 Å². The van der Waals surface area contributed by atoms with E-state index in [1.54, 1.807) is 0 Å². The standard InChI is InChI=1S/C11H15N3S2/c1-2-14-10(12-13-11(14)15)7-3-5-9-6-4-8-16-9/h4,6,8H,2-3,5,7H2,1H3,(H,13,15). The van der Waals surface area contributed by atoms with Crippen LogP contribution in [0.2, 0.25) is 0 Å². The lowest BCUT2D eigenvalue weighted by Gasteiger charge is -2.02. The van der Waals surface area contributed by atoms with Gasteiger partial charge >= 0.3 is 0 Å². The maximum absolute atomic E-state index is 5.15. The number of nitrogens with zero attached hydrogens (tertiary/aromatic N) is 2. The molecule has 0 atom stereocenters. The molecule has 3 nitrogen and oxygen atoms in total. The number of nitrogens with one attached hydrogen (secondary N) is 1. The molecule has 0 aliphatic heterocycles. The second-order valence-corrected chi connectivity index (χ2v) is 5.04. The van der Waals surface area contributed by atoms with Crippen molar-refractivity contribution in [3.05, 3.63) is 33.0 Å². The highest BCUT2D eigenvalue weighted by Crippen LogP contribution is 2.12. The summed E-state index contributed by atoms with van der Waals surface area (Å²) in [5.74, 6) is 1.07. The SMILES string of the molecule is CCn1c(CCCc2cccs2)n[nH]c1=S. The van der Waals surface area contributed by atoms with E-state index in [-0.39, 0.29) is 0 Å². The number of hydrogen-bond acceptors (Lipinski definition) is 3. The van der Waals surface area contributed by atoms with Gasteiger partial charge in [0, 0.05) is 17.8 Å². The molecule has 0 saturated heterocycles. The quantitative estimate of drug-likeness (QED) is 0.830. The fraction of sp³-hybridized carbons (Fsp3) is 0.455. The average molecular weight is 253 g/mol. The highest BCUT2D eigenvalue weighted by atomic mass is 32.1. The molecule has 2 rings (SSSR count). The Balaban J connectivity index is 1.92. The highest BCUT2D eigenvalue weighted by molar-refractivity contribution is 7.71. The lowest BCUT2D eigenvalue weighted by molar-refractivity contribution is 0.664. The van der Waals surface area contributed by atoms with Crippen LogP contribution in [0.25, 0.3) is 0 Å². The predicted octanol–water partition coefficient (Wildman–Crippen LogP) is 3.20. The minimum Gasteiger partial charge on any atom is -0.304 e. The van der Waals surface area contributed by atoms with Crippen LogP contribution in [0.4, 0.5) is 0 Å². The lowest BCUT2D eigenvalue weighted by Crippen LogP contribution is -2.02. The van der Waals surface area contributed by atoms with Crippen molar-refractivity contribution < 1.29 is 0 Å². The van der Waals surface area contributed by atoms with Crippen LogP contribution in [0.3, 0.4) is 0 Å². The monoisotopic (exact) mass is 253 g/mol. The van der Waals surface area contributed by atoms with Crippen LogP contribution in [0, 0.1) is 4.77 Å². The molecular weight excluding hydrogens is 238 g/mol. The Morgan fingerprint density at radius 2 is 2.38 bits per heavy atom. The summed E-state index contributed by atoms with van der Waals surface area (Å²) in [6.45, 7) is 2.98. The van der Waals surface area contributed by atoms with E-state index >= 15 is 0 Å². The maximum Gasteiger partial charge on any atom is 0.195 e. The van der Waals surface area contributed by atoms with Crippen molar-refractivity contribution in [3.8, 4) is 0 Å². The Morgan fingerprint density at radius 3 is 3.06 bits per heavy atom. The van der Waals surface area contributed by atoms with Gasteiger partial charge < -0.3 is 4.57 Å². The third-order valence-corrected chi connectivity index (χ3v) is 3.81. The van der Waals surface area contributed by atoms with Gasteiger partial charge in [0.05, 0.1) is 0 Å². The first-order chi connectivity index (χ1) is 7.81. The molecule has 0 radical (unpaired) electrons. The molecule has 5 heteroatoms. The van der Waals surface area contributed by atoms with E-state index in [4.69, 9.17) is 12.2 Å². The van der Waals surface area contributed by atoms with Crippen molar-refractivity contribution in [2.75, 3.05) is 0 Å². The number of H-pyrrole nitrogens is 1. The van der Waals surface area contributed by atoms with E-state index in [0.717, 1.165) is 36.4 Å². The Bertz CT molecular complexity index is 482. The minimum absolute atomic E-state index is 0.730. The summed E-state index contributed by atoms with van der Waals surface area (Å²) in [5, 5.41) is 9.23. The molecule has 86 valence electrons. The molecule has 0 aliphatic rings. The van der Waals surface area contributed by atoms with E-state index < -0.39 is 0 Å². The largest absolute Gasteiger partial charge is 0.304 e. The van der Waals surface area contributed by atoms with E-state index in [0.29, 0.717) is 0 Å². The molecule has 2 heterocycles. The van der Waals surface area contributed by atoms with Crippen molar-refractivity contribution >= 4 is 23.6 Å². The van der Waals surface area contributed by atoms with Crippen LogP contribution in [-0.2, 0) is 19.4 Å². The van der Waals surface area contributed by atoms with Gasteiger partial charge in [0.1, 0.15) is 5.82 Å². The summed E-state index contributed by atoms with van der Waals surface area (Å²) in [4.78, 5) is 1.44. The van der Waals surface area contributed by atoms with Gasteiger partial charge in [0.15, 0.2) is 4.77 Å². The van der Waals surface area contributed by atoms with E-state index in [1.807, 2.05) is 11.3 Å². The second-order valence-electron chi connectivity index (χ2n) is 3.62. The summed E-state index contributed by atoms with van der Waals surface area (Å²) >= 11 is 6.97. The zero-order valence-electron chi connectivity index (χ0n) is 9.27. The van der Waals surface area contributed by atoms with Crippen LogP contribution in [0.1, 0.15) is 24.0 Å². The van der Waals surface area contributed by atoms with Gasteiger partial charge in [-0.2, -0.15) is 5.10 Å². The fourth-order valence-corrected chi connectivity index (χ4v) is 2.77. The molecule has 0 aliphatic carbocycles. The van der Waals surface area contributed by atoms with Crippen LogP contribution in [-0.4, -0.2) is 14.8 Å². The molecule has 1 N–H and O–H groups in total. The smallest absolute Gasteiger partial charge is 0.195 e. The summed E-state index contributed by atoms with van der Waals surface area (Å²) in [5.41, 5.74) is 0. The number of hydrogen-bond donors (Lipinski definition) is 1. The van der Waals surface area contributed by atoms with Crippen molar-refractivity contribution in [1.82, 2.24) is 14.8 Å². The maximum atomic E-state index is 5.15. The van der Waals surface area contributed by atoms with Crippen molar-refractivity contribution in [2.24, 2.45) is 0 Å². The third-order valence-electron chi connectivity index (χ3n) is 2.56. The molecular formula is C11H15N3S2. The number of aromatic amines is 1. The molecule has 0 spiro atoms. The van der Waals surface area contributed by atoms with Gasteiger partial charge in [0.25, 0.3) is 0 Å². The number of aryl methyl sites for hydroxylation is 2. The molecule has 0 bridgehead atoms. The topological polar surface area (TPSA) is 33.6 Å². The Labute approximate surface area is 104 Å². The van der Waals surface area contributed by atoms with Gasteiger partial charge in [-0.1, -0.05) is 6.07 Å². The summed E-state index contributed by atoms with van der Waals surface area (Å²) in [6.07, 6.45) is 3.24. The Morgan fingerprint density at radius 1 is 1.50 bits per heavy atom. The normalized spacial score (nSPS) is 10.8. The van der Waals surface area contributed by atoms with Gasteiger partial charge in [-0.25, -0.2) is 0 Å². The number of aromatic nitrogens is 3. The first kappa shape index (κ1) is 11.5. The Kier molecular flexibility index (Phi) is 3.90. The molecule has 0 amide bonds. The highest BCUT2D eigenvalue weighted by Gasteiger charge is 2.04. The molecule has 16 heavy (non-hydrogen) atoms. The second kappa shape index (κ2) is 5.41. The van der Waals surface area contributed by atoms with Crippen molar-refractivity contribution in [2.45, 2.75) is 32.7 Å². The molecule has 0 saturated carbocycles. The van der Waals surface area contributed by atoms with Gasteiger partial charge in [-0.05, 0) is 43.4 Å². The summed E-state index contributed by atoms with van der Waals surface area (Å²) in [7, 11) is 0. The van der Waals surface area contributed by atoms with Crippen LogP contribution < -0.4 is 0 Å². The summed E-state index contributed by atoms with van der Waals surface area (Å²) in [6, 6.07) is 4.28. The molecule has 0 unspecified atom stereocenters. The number of rotatable bonds is 5. The third kappa shape index (κ3) is 2.59. The summed E-state index contributed by atoms with van der Waals surface area (Å²) < 4.78 is 2.79. The molecule has 2 aromatic rings. The zero-order chi connectivity index (χ0) is 11.4. The molecule has 0 fully saturated rings. The minimum atomic E-state index is 0.730. The van der Waals surface area contributed by atoms with Crippen LogP contribution in [0.15, 0.2) is 17.5 Å². The van der Waals surface area contributed by atoms with Gasteiger partial charge in [0.2, 0.25) is 0 Å². The molecule has 0 aromatic carbocycles. The first-order valence-corrected chi connectivity index (χ1v) is 6.76. The molecule has 2 aromatic heterocycles. The lowest BCUT2D eigenvalue weighted by atomic mass is 10.2. The predicted molar refractivity (Wildman–Crippen MR) is 69.4 cm³/mol. The van der Waals surface area contributed by atoms with Gasteiger partial charge in [-0.3, -0.25) is 5.10 Å². The zero-order valence-corrected chi connectivity index (χ0v) is 10.9. The van der Waals surface area contributed by atoms with Gasteiger partial charge in [-0.15, -0.1) is 11.3 Å². The first-order valence-electron chi connectivity index (χ1n) is 5.47. The average Bonchev–Trinajstić information content (AvgIpc) is 2.89. The number of thiophene rings is 1. The van der Waals surface area contributed by atoms with Crippen LogP contribution in [0.5, 0.6) is 0 Å². The van der Waals surface area contributed by atoms with E-state index in [2.05, 4.69) is 39.2 Å². The van der Waals surface area contributed by atoms with Crippen molar-refractivity contribution in [1.29, 1.82) is 0 Å². The fourth-order valence-electron chi connectivity index (χ4n) is 1.74.